The van der Waals surface area contributed by atoms with Crippen molar-refractivity contribution < 1.29 is 9.47 Å². The van der Waals surface area contributed by atoms with Gasteiger partial charge >= 0.3 is 0 Å². The van der Waals surface area contributed by atoms with Crippen molar-refractivity contribution in [3.05, 3.63) is 47.7 Å². The van der Waals surface area contributed by atoms with Gasteiger partial charge in [0.1, 0.15) is 12.3 Å². The van der Waals surface area contributed by atoms with Crippen LogP contribution in [0.3, 0.4) is 0 Å². The van der Waals surface area contributed by atoms with Gasteiger partial charge in [-0.05, 0) is 30.0 Å². The number of rotatable bonds is 6. The highest BCUT2D eigenvalue weighted by molar-refractivity contribution is 5.82. The van der Waals surface area contributed by atoms with E-state index in [9.17, 15) is 0 Å². The van der Waals surface area contributed by atoms with Crippen molar-refractivity contribution in [1.82, 2.24) is 14.5 Å². The van der Waals surface area contributed by atoms with Gasteiger partial charge in [-0.2, -0.15) is 9.97 Å². The molecule has 2 N–H and O–H groups in total. The SMILES string of the molecule is CC.COCc1ccc(COc2nc(N)nc3c2ccn3C2CCCCCCC2)cc1. The molecule has 1 fully saturated rings. The summed E-state index contributed by atoms with van der Waals surface area (Å²) in [6.45, 7) is 5.05. The van der Waals surface area contributed by atoms with E-state index >= 15 is 0 Å². The number of nitrogens with zero attached hydrogens (tertiary/aromatic N) is 3. The second kappa shape index (κ2) is 11.7. The van der Waals surface area contributed by atoms with Crippen LogP contribution in [0.25, 0.3) is 11.0 Å². The number of nitrogens with two attached hydrogens (primary N) is 1. The molecule has 168 valence electrons. The van der Waals surface area contributed by atoms with Crippen LogP contribution in [0.4, 0.5) is 5.95 Å². The molecular weight excluding hydrogens is 388 g/mol. The van der Waals surface area contributed by atoms with E-state index in [0.29, 0.717) is 25.1 Å². The van der Waals surface area contributed by atoms with Gasteiger partial charge in [-0.1, -0.05) is 70.2 Å². The standard InChI is InChI=1S/C23H30N4O2.C2H6/c1-28-15-17-9-11-18(12-10-17)16-29-22-20-13-14-27(21(20)25-23(24)26-22)19-7-5-3-2-4-6-8-19;1-2/h9-14,19H,2-8,15-16H2,1H3,(H2,24,25,26);1-2H3. The number of benzene rings is 1. The van der Waals surface area contributed by atoms with Gasteiger partial charge in [-0.15, -0.1) is 0 Å². The third-order valence-corrected chi connectivity index (χ3v) is 5.73. The van der Waals surface area contributed by atoms with Crippen LogP contribution in [-0.4, -0.2) is 21.6 Å². The first kappa shape index (κ1) is 23.1. The molecule has 0 spiro atoms. The van der Waals surface area contributed by atoms with Crippen molar-refractivity contribution in [2.75, 3.05) is 12.8 Å². The Morgan fingerprint density at radius 2 is 1.52 bits per heavy atom. The second-order valence-electron chi connectivity index (χ2n) is 7.88. The topological polar surface area (TPSA) is 75.2 Å². The summed E-state index contributed by atoms with van der Waals surface area (Å²) < 4.78 is 13.5. The molecule has 0 saturated heterocycles. The zero-order valence-electron chi connectivity index (χ0n) is 19.1. The summed E-state index contributed by atoms with van der Waals surface area (Å²) in [5, 5.41) is 0.928. The predicted molar refractivity (Wildman–Crippen MR) is 126 cm³/mol. The maximum Gasteiger partial charge on any atom is 0.228 e. The van der Waals surface area contributed by atoms with E-state index in [0.717, 1.165) is 22.2 Å². The maximum absolute atomic E-state index is 6.06. The number of anilines is 1. The number of fused-ring (bicyclic) bond motifs is 1. The Kier molecular flexibility index (Phi) is 8.71. The highest BCUT2D eigenvalue weighted by atomic mass is 16.5. The Hall–Kier alpha value is -2.60. The molecule has 1 aliphatic rings. The molecule has 0 bridgehead atoms. The first-order valence-corrected chi connectivity index (χ1v) is 11.6. The van der Waals surface area contributed by atoms with E-state index < -0.39 is 0 Å². The molecule has 0 atom stereocenters. The van der Waals surface area contributed by atoms with Gasteiger partial charge < -0.3 is 19.8 Å². The Balaban J connectivity index is 0.00000132. The van der Waals surface area contributed by atoms with Crippen LogP contribution in [-0.2, 0) is 18.0 Å². The summed E-state index contributed by atoms with van der Waals surface area (Å²) in [7, 11) is 1.70. The quantitative estimate of drug-likeness (QED) is 0.521. The predicted octanol–water partition coefficient (Wildman–Crippen LogP) is 6.05. The summed E-state index contributed by atoms with van der Waals surface area (Å²) in [5.74, 6) is 0.812. The van der Waals surface area contributed by atoms with Crippen LogP contribution >= 0.6 is 0 Å². The molecule has 6 nitrogen and oxygen atoms in total. The summed E-state index contributed by atoms with van der Waals surface area (Å²) in [6, 6.07) is 10.7. The van der Waals surface area contributed by atoms with E-state index in [4.69, 9.17) is 15.2 Å². The number of nitrogen functional groups attached to an aromatic ring is 1. The molecule has 31 heavy (non-hydrogen) atoms. The number of ether oxygens (including phenoxy) is 2. The molecule has 1 aromatic carbocycles. The highest BCUT2D eigenvalue weighted by Gasteiger charge is 2.19. The molecule has 2 aromatic heterocycles. The third-order valence-electron chi connectivity index (χ3n) is 5.73. The molecule has 1 aliphatic carbocycles. The van der Waals surface area contributed by atoms with Crippen LogP contribution in [0.5, 0.6) is 5.88 Å². The molecule has 0 amide bonds. The number of aromatic nitrogens is 3. The summed E-state index contributed by atoms with van der Waals surface area (Å²) in [4.78, 5) is 8.91. The van der Waals surface area contributed by atoms with Crippen LogP contribution in [0.15, 0.2) is 36.5 Å². The molecule has 1 saturated carbocycles. The lowest BCUT2D eigenvalue weighted by atomic mass is 9.96. The molecule has 4 rings (SSSR count). The summed E-state index contributed by atoms with van der Waals surface area (Å²) in [6.07, 6.45) is 11.1. The number of methoxy groups -OCH3 is 1. The first-order valence-electron chi connectivity index (χ1n) is 11.6. The van der Waals surface area contributed by atoms with Gasteiger partial charge in [0.2, 0.25) is 11.8 Å². The fraction of sp³-hybridized carbons (Fsp3) is 0.520. The molecule has 2 heterocycles. The van der Waals surface area contributed by atoms with Gasteiger partial charge in [0.25, 0.3) is 0 Å². The fourth-order valence-electron chi connectivity index (χ4n) is 4.19. The average molecular weight is 425 g/mol. The Labute approximate surface area is 185 Å². The lowest BCUT2D eigenvalue weighted by molar-refractivity contribution is 0.185. The zero-order chi connectivity index (χ0) is 22.1. The fourth-order valence-corrected chi connectivity index (χ4v) is 4.19. The van der Waals surface area contributed by atoms with Crippen molar-refractivity contribution >= 4 is 17.0 Å². The van der Waals surface area contributed by atoms with E-state index in [-0.39, 0.29) is 5.95 Å². The van der Waals surface area contributed by atoms with E-state index in [1.165, 1.54) is 44.9 Å². The minimum atomic E-state index is 0.258. The van der Waals surface area contributed by atoms with E-state index in [2.05, 4.69) is 51.1 Å². The van der Waals surface area contributed by atoms with Crippen molar-refractivity contribution in [3.8, 4) is 5.88 Å². The van der Waals surface area contributed by atoms with Gasteiger partial charge in [-0.3, -0.25) is 0 Å². The minimum absolute atomic E-state index is 0.258. The molecule has 0 aliphatic heterocycles. The average Bonchev–Trinajstić information content (AvgIpc) is 3.18. The zero-order valence-corrected chi connectivity index (χ0v) is 19.1. The van der Waals surface area contributed by atoms with Crippen molar-refractivity contribution in [3.63, 3.8) is 0 Å². The lowest BCUT2D eigenvalue weighted by Gasteiger charge is -2.22. The van der Waals surface area contributed by atoms with Gasteiger partial charge in [-0.25, -0.2) is 0 Å². The molecule has 0 radical (unpaired) electrons. The monoisotopic (exact) mass is 424 g/mol. The molecule has 0 unspecified atom stereocenters. The first-order chi connectivity index (χ1) is 15.2. The van der Waals surface area contributed by atoms with Crippen molar-refractivity contribution in [2.45, 2.75) is 78.0 Å². The smallest absolute Gasteiger partial charge is 0.228 e. The lowest BCUT2D eigenvalue weighted by Crippen LogP contribution is -2.11. The van der Waals surface area contributed by atoms with E-state index in [1.807, 2.05) is 13.8 Å². The number of hydrogen-bond acceptors (Lipinski definition) is 5. The van der Waals surface area contributed by atoms with Gasteiger partial charge in [0, 0.05) is 19.3 Å². The van der Waals surface area contributed by atoms with E-state index in [1.54, 1.807) is 7.11 Å². The normalized spacial score (nSPS) is 15.1. The number of hydrogen-bond donors (Lipinski definition) is 1. The molecular formula is C25H36N4O2. The van der Waals surface area contributed by atoms with Gasteiger partial charge in [0.15, 0.2) is 0 Å². The summed E-state index contributed by atoms with van der Waals surface area (Å²) in [5.41, 5.74) is 9.13. The molecule has 6 heteroatoms. The Morgan fingerprint density at radius 1 is 0.903 bits per heavy atom. The maximum atomic E-state index is 6.06. The minimum Gasteiger partial charge on any atom is -0.472 e. The second-order valence-corrected chi connectivity index (χ2v) is 7.88. The molecule has 3 aromatic rings. The van der Waals surface area contributed by atoms with Gasteiger partial charge in [0.05, 0.1) is 12.0 Å². The Morgan fingerprint density at radius 3 is 2.16 bits per heavy atom. The van der Waals surface area contributed by atoms with Crippen LogP contribution < -0.4 is 10.5 Å². The Bertz CT molecular complexity index is 929. The summed E-state index contributed by atoms with van der Waals surface area (Å²) >= 11 is 0. The third kappa shape index (κ3) is 5.97. The van der Waals surface area contributed by atoms with Crippen LogP contribution in [0, 0.1) is 0 Å². The van der Waals surface area contributed by atoms with Crippen molar-refractivity contribution in [2.24, 2.45) is 0 Å². The van der Waals surface area contributed by atoms with Crippen molar-refractivity contribution in [1.29, 1.82) is 0 Å². The van der Waals surface area contributed by atoms with Crippen LogP contribution in [0.1, 0.15) is 76.0 Å². The largest absolute Gasteiger partial charge is 0.472 e. The highest BCUT2D eigenvalue weighted by Crippen LogP contribution is 2.32. The van der Waals surface area contributed by atoms with Crippen LogP contribution in [0.2, 0.25) is 0 Å².